The maximum Gasteiger partial charge on any atom is 0.248 e. The first-order valence-electron chi connectivity index (χ1n) is 9.26. The summed E-state index contributed by atoms with van der Waals surface area (Å²) in [5.41, 5.74) is 4.51. The van der Waals surface area contributed by atoms with Gasteiger partial charge in [-0.15, -0.1) is 0 Å². The summed E-state index contributed by atoms with van der Waals surface area (Å²) in [6.07, 6.45) is 3.34. The van der Waals surface area contributed by atoms with Crippen molar-refractivity contribution in [1.82, 2.24) is 0 Å². The van der Waals surface area contributed by atoms with Gasteiger partial charge in [0.1, 0.15) is 0 Å². The topological polar surface area (TPSA) is 53.8 Å². The lowest BCUT2D eigenvalue weighted by Gasteiger charge is -2.05. The number of hydrogen-bond acceptors (Lipinski definition) is 3. The Morgan fingerprint density at radius 3 is 2.04 bits per heavy atom. The summed E-state index contributed by atoms with van der Waals surface area (Å²) in [6, 6.07) is 25.0. The number of amides is 1. The molecule has 0 spiro atoms. The Morgan fingerprint density at radius 1 is 0.821 bits per heavy atom. The van der Waals surface area contributed by atoms with Gasteiger partial charge in [-0.2, -0.15) is 10.2 Å². The molecular formula is C24H23N3O. The van der Waals surface area contributed by atoms with Gasteiger partial charge in [0, 0.05) is 11.8 Å². The van der Waals surface area contributed by atoms with Crippen LogP contribution in [0.4, 0.5) is 17.1 Å². The lowest BCUT2D eigenvalue weighted by Crippen LogP contribution is -2.07. The van der Waals surface area contributed by atoms with Gasteiger partial charge in [-0.3, -0.25) is 4.79 Å². The molecule has 0 saturated heterocycles. The number of nitrogens with zero attached hydrogens (tertiary/aromatic N) is 2. The van der Waals surface area contributed by atoms with Crippen molar-refractivity contribution >= 4 is 29.0 Å². The molecule has 0 unspecified atom stereocenters. The molecule has 4 nitrogen and oxygen atoms in total. The lowest BCUT2D eigenvalue weighted by atomic mass is 10.0. The molecule has 0 heterocycles. The molecule has 3 aromatic carbocycles. The molecule has 140 valence electrons. The van der Waals surface area contributed by atoms with E-state index in [4.69, 9.17) is 0 Å². The molecule has 0 radical (unpaired) electrons. The zero-order valence-electron chi connectivity index (χ0n) is 16.0. The molecule has 1 N–H and O–H groups in total. The number of carbonyl (C=O) groups is 1. The van der Waals surface area contributed by atoms with Crippen LogP contribution in [0.3, 0.4) is 0 Å². The Bertz CT molecular complexity index is 957. The van der Waals surface area contributed by atoms with Crippen LogP contribution in [0, 0.1) is 0 Å². The first-order valence-corrected chi connectivity index (χ1v) is 9.26. The molecule has 0 fully saturated rings. The molecule has 0 aliphatic carbocycles. The second kappa shape index (κ2) is 9.42. The van der Waals surface area contributed by atoms with Crippen LogP contribution in [0.15, 0.2) is 95.2 Å². The quantitative estimate of drug-likeness (QED) is 0.374. The van der Waals surface area contributed by atoms with Crippen molar-refractivity contribution in [1.29, 1.82) is 0 Å². The normalized spacial score (nSPS) is 11.4. The van der Waals surface area contributed by atoms with Gasteiger partial charge < -0.3 is 5.32 Å². The van der Waals surface area contributed by atoms with Crippen molar-refractivity contribution in [3.8, 4) is 0 Å². The highest BCUT2D eigenvalue weighted by Crippen LogP contribution is 2.20. The molecule has 0 aromatic heterocycles. The van der Waals surface area contributed by atoms with Crippen molar-refractivity contribution in [2.45, 2.75) is 19.8 Å². The molecule has 0 atom stereocenters. The molecule has 0 saturated carbocycles. The molecule has 0 bridgehead atoms. The number of benzene rings is 3. The number of azo groups is 1. The third-order valence-electron chi connectivity index (χ3n) is 4.20. The fourth-order valence-corrected chi connectivity index (χ4v) is 2.57. The van der Waals surface area contributed by atoms with Crippen LogP contribution in [0.25, 0.3) is 6.08 Å². The number of nitrogens with one attached hydrogen (secondary N) is 1. The molecule has 28 heavy (non-hydrogen) atoms. The number of anilines is 1. The van der Waals surface area contributed by atoms with Crippen LogP contribution in [-0.2, 0) is 4.79 Å². The Hall–Kier alpha value is -3.53. The van der Waals surface area contributed by atoms with Crippen molar-refractivity contribution in [3.05, 3.63) is 96.1 Å². The van der Waals surface area contributed by atoms with Gasteiger partial charge in [-0.25, -0.2) is 0 Å². The fourth-order valence-electron chi connectivity index (χ4n) is 2.57. The summed E-state index contributed by atoms with van der Waals surface area (Å²) in [5.74, 6) is 0.322. The van der Waals surface area contributed by atoms with E-state index in [1.54, 1.807) is 0 Å². The highest BCUT2D eigenvalue weighted by molar-refractivity contribution is 6.01. The van der Waals surface area contributed by atoms with Gasteiger partial charge in [0.25, 0.3) is 0 Å². The molecule has 0 aliphatic rings. The van der Waals surface area contributed by atoms with E-state index >= 15 is 0 Å². The summed E-state index contributed by atoms with van der Waals surface area (Å²) in [5, 5.41) is 11.2. The summed E-state index contributed by atoms with van der Waals surface area (Å²) in [4.78, 5) is 12.1. The third kappa shape index (κ3) is 5.74. The molecular weight excluding hydrogens is 346 g/mol. The van der Waals surface area contributed by atoms with E-state index in [1.807, 2.05) is 72.8 Å². The molecule has 4 heteroatoms. The Balaban J connectivity index is 1.56. The van der Waals surface area contributed by atoms with Crippen LogP contribution in [0.1, 0.15) is 30.9 Å². The molecule has 3 aromatic rings. The minimum atomic E-state index is -0.174. The second-order valence-corrected chi connectivity index (χ2v) is 6.73. The minimum absolute atomic E-state index is 0.174. The highest BCUT2D eigenvalue weighted by atomic mass is 16.1. The summed E-state index contributed by atoms with van der Waals surface area (Å²) < 4.78 is 0. The first-order chi connectivity index (χ1) is 13.6. The highest BCUT2D eigenvalue weighted by Gasteiger charge is 2.00. The Morgan fingerprint density at radius 2 is 1.43 bits per heavy atom. The van der Waals surface area contributed by atoms with E-state index in [0.717, 1.165) is 16.9 Å². The van der Waals surface area contributed by atoms with Crippen molar-refractivity contribution in [2.24, 2.45) is 10.2 Å². The van der Waals surface area contributed by atoms with Crippen molar-refractivity contribution in [3.63, 3.8) is 0 Å². The van der Waals surface area contributed by atoms with E-state index in [9.17, 15) is 4.79 Å². The predicted molar refractivity (Wildman–Crippen MR) is 115 cm³/mol. The van der Waals surface area contributed by atoms with Gasteiger partial charge in [0.2, 0.25) is 5.91 Å². The van der Waals surface area contributed by atoms with Crippen LogP contribution in [0.5, 0.6) is 0 Å². The third-order valence-corrected chi connectivity index (χ3v) is 4.20. The van der Waals surface area contributed by atoms with Gasteiger partial charge >= 0.3 is 0 Å². The zero-order chi connectivity index (χ0) is 19.8. The molecule has 3 rings (SSSR count). The van der Waals surface area contributed by atoms with E-state index < -0.39 is 0 Å². The largest absolute Gasteiger partial charge is 0.323 e. The van der Waals surface area contributed by atoms with Gasteiger partial charge in [0.15, 0.2) is 0 Å². The maximum atomic E-state index is 12.1. The second-order valence-electron chi connectivity index (χ2n) is 6.73. The number of hydrogen-bond donors (Lipinski definition) is 1. The van der Waals surface area contributed by atoms with Crippen LogP contribution < -0.4 is 5.32 Å². The number of carbonyl (C=O) groups excluding carboxylic acids is 1. The van der Waals surface area contributed by atoms with Gasteiger partial charge in [-0.1, -0.05) is 56.3 Å². The average Bonchev–Trinajstić information content (AvgIpc) is 2.73. The minimum Gasteiger partial charge on any atom is -0.323 e. The van der Waals surface area contributed by atoms with Crippen LogP contribution in [0.2, 0.25) is 0 Å². The van der Waals surface area contributed by atoms with E-state index in [-0.39, 0.29) is 5.91 Å². The van der Waals surface area contributed by atoms with Crippen molar-refractivity contribution < 1.29 is 4.79 Å². The van der Waals surface area contributed by atoms with Crippen molar-refractivity contribution in [2.75, 3.05) is 5.32 Å². The van der Waals surface area contributed by atoms with Crippen LogP contribution >= 0.6 is 0 Å². The van der Waals surface area contributed by atoms with Crippen LogP contribution in [-0.4, -0.2) is 5.91 Å². The smallest absolute Gasteiger partial charge is 0.248 e. The predicted octanol–water partition coefficient (Wildman–Crippen LogP) is 6.88. The summed E-state index contributed by atoms with van der Waals surface area (Å²) >= 11 is 0. The Labute approximate surface area is 165 Å². The Kier molecular flexibility index (Phi) is 6.47. The van der Waals surface area contributed by atoms with Gasteiger partial charge in [-0.05, 0) is 59.5 Å². The standard InChI is InChI=1S/C24H23N3O/c1-18(2)20-11-8-19(9-12-20)10-17-24(28)25-21-13-15-23(16-14-21)27-26-22-6-4-3-5-7-22/h3-18H,1-2H3,(H,25,28). The van der Waals surface area contributed by atoms with E-state index in [2.05, 4.69) is 41.5 Å². The monoisotopic (exact) mass is 369 g/mol. The lowest BCUT2D eigenvalue weighted by molar-refractivity contribution is -0.111. The summed E-state index contributed by atoms with van der Waals surface area (Å²) in [7, 11) is 0. The summed E-state index contributed by atoms with van der Waals surface area (Å²) in [6.45, 7) is 4.32. The number of rotatable bonds is 6. The average molecular weight is 369 g/mol. The zero-order valence-corrected chi connectivity index (χ0v) is 16.0. The van der Waals surface area contributed by atoms with E-state index in [0.29, 0.717) is 11.6 Å². The van der Waals surface area contributed by atoms with E-state index in [1.165, 1.54) is 11.6 Å². The molecule has 0 aliphatic heterocycles. The first kappa shape index (κ1) is 19.2. The molecule has 1 amide bonds. The SMILES string of the molecule is CC(C)c1ccc(C=CC(=O)Nc2ccc(N=Nc3ccccc3)cc2)cc1. The fraction of sp³-hybridized carbons (Fsp3) is 0.125. The van der Waals surface area contributed by atoms with Gasteiger partial charge in [0.05, 0.1) is 11.4 Å². The maximum absolute atomic E-state index is 12.1.